The average molecular weight is 509 g/mol. The van der Waals surface area contributed by atoms with Crippen molar-refractivity contribution in [2.75, 3.05) is 32.6 Å². The second-order valence-corrected chi connectivity index (χ2v) is 9.21. The first-order valence-corrected chi connectivity index (χ1v) is 12.7. The molecule has 12 heteroatoms. The lowest BCUT2D eigenvalue weighted by molar-refractivity contribution is -0.126. The number of alkyl carbamates (subject to hydrolysis) is 1. The third-order valence-electron chi connectivity index (χ3n) is 4.93. The summed E-state index contributed by atoms with van der Waals surface area (Å²) in [6.45, 7) is 4.63. The van der Waals surface area contributed by atoms with Crippen LogP contribution < -0.4 is 16.4 Å². The van der Waals surface area contributed by atoms with Crippen molar-refractivity contribution in [3.63, 3.8) is 0 Å². The third kappa shape index (κ3) is 9.84. The molecule has 2 amide bonds. The Balaban J connectivity index is 2.08. The Kier molecular flexibility index (Phi) is 12.0. The van der Waals surface area contributed by atoms with Gasteiger partial charge < -0.3 is 35.5 Å². The van der Waals surface area contributed by atoms with E-state index in [1.165, 1.54) is 11.8 Å². The molecule has 0 aliphatic heterocycles. The predicted molar refractivity (Wildman–Crippen MR) is 133 cm³/mol. The van der Waals surface area contributed by atoms with E-state index >= 15 is 0 Å². The highest BCUT2D eigenvalue weighted by atomic mass is 32.2. The zero-order valence-corrected chi connectivity index (χ0v) is 21.3. The molecule has 1 aromatic carbocycles. The number of benzene rings is 1. The van der Waals surface area contributed by atoms with Gasteiger partial charge in [0.15, 0.2) is 11.0 Å². The number of hydrogen-bond donors (Lipinski definition) is 4. The number of thioether (sulfide) groups is 1. The minimum absolute atomic E-state index is 0.0817. The Hall–Kier alpha value is -2.67. The second-order valence-electron chi connectivity index (χ2n) is 8.44. The largest absolute Gasteiger partial charge is 0.448 e. The molecule has 1 aromatic heterocycles. The maximum absolute atomic E-state index is 12.7. The van der Waals surface area contributed by atoms with Crippen LogP contribution in [0.15, 0.2) is 35.5 Å². The molecule has 0 aliphatic rings. The summed E-state index contributed by atoms with van der Waals surface area (Å²) in [5, 5.41) is 23.5. The van der Waals surface area contributed by atoms with Crippen LogP contribution in [0, 0.1) is 0 Å². The molecule has 0 aliphatic carbocycles. The molecular weight excluding hydrogens is 472 g/mol. The van der Waals surface area contributed by atoms with E-state index in [0.717, 1.165) is 5.56 Å². The van der Waals surface area contributed by atoms with Crippen LogP contribution in [-0.2, 0) is 27.4 Å². The van der Waals surface area contributed by atoms with E-state index in [4.69, 9.17) is 20.3 Å². The number of carbonyl (C=O) groups excluding carboxylic acids is 2. The molecule has 1 unspecified atom stereocenters. The highest BCUT2D eigenvalue weighted by Crippen LogP contribution is 2.20. The predicted octanol–water partition coefficient (Wildman–Crippen LogP) is 1.61. The molecule has 11 nitrogen and oxygen atoms in total. The van der Waals surface area contributed by atoms with Gasteiger partial charge >= 0.3 is 6.09 Å². The van der Waals surface area contributed by atoms with Crippen molar-refractivity contribution in [2.24, 2.45) is 5.73 Å². The molecule has 0 radical (unpaired) electrons. The van der Waals surface area contributed by atoms with Gasteiger partial charge in [0.05, 0.1) is 25.3 Å². The Bertz CT molecular complexity index is 919. The van der Waals surface area contributed by atoms with Gasteiger partial charge in [-0.1, -0.05) is 42.1 Å². The molecule has 5 N–H and O–H groups in total. The summed E-state index contributed by atoms with van der Waals surface area (Å²) in [6, 6.07) is 9.08. The van der Waals surface area contributed by atoms with E-state index in [2.05, 4.69) is 20.8 Å². The standard InChI is InChI=1S/C23H36N6O5S/c1-23(2,24)20(31)26-18(16-33-15-17-9-5-4-6-10-17)19-27-28-21(35-3)29(19)12-14-34-22(32)25-11-7-8-13-30/h4-6,9-10,18,30H,7-8,11-16,24H2,1-3H3,(H,25,32)(H,26,31). The number of aromatic nitrogens is 3. The number of amides is 2. The lowest BCUT2D eigenvalue weighted by Crippen LogP contribution is -2.51. The van der Waals surface area contributed by atoms with Crippen molar-refractivity contribution < 1.29 is 24.2 Å². The minimum Gasteiger partial charge on any atom is -0.448 e. The molecule has 0 fully saturated rings. The van der Waals surface area contributed by atoms with E-state index in [0.29, 0.717) is 43.5 Å². The van der Waals surface area contributed by atoms with E-state index in [9.17, 15) is 9.59 Å². The normalized spacial score (nSPS) is 12.3. The molecule has 0 saturated carbocycles. The molecule has 0 saturated heterocycles. The van der Waals surface area contributed by atoms with Crippen molar-refractivity contribution in [3.05, 3.63) is 41.7 Å². The summed E-state index contributed by atoms with van der Waals surface area (Å²) in [6.07, 6.45) is 2.60. The Morgan fingerprint density at radius 1 is 1.23 bits per heavy atom. The van der Waals surface area contributed by atoms with Crippen LogP contribution in [0.5, 0.6) is 0 Å². The summed E-state index contributed by atoms with van der Waals surface area (Å²) in [7, 11) is 0. The lowest BCUT2D eigenvalue weighted by Gasteiger charge is -2.24. The number of hydrogen-bond acceptors (Lipinski definition) is 9. The quantitative estimate of drug-likeness (QED) is 0.207. The van der Waals surface area contributed by atoms with E-state index in [1.807, 2.05) is 36.6 Å². The zero-order chi connectivity index (χ0) is 25.7. The Morgan fingerprint density at radius 3 is 2.63 bits per heavy atom. The molecule has 1 atom stereocenters. The number of rotatable bonds is 15. The van der Waals surface area contributed by atoms with Crippen LogP contribution in [0.25, 0.3) is 0 Å². The van der Waals surface area contributed by atoms with Crippen molar-refractivity contribution in [1.82, 2.24) is 25.4 Å². The van der Waals surface area contributed by atoms with Gasteiger partial charge in [-0.3, -0.25) is 4.79 Å². The van der Waals surface area contributed by atoms with Gasteiger partial charge in [-0.05, 0) is 38.5 Å². The van der Waals surface area contributed by atoms with Gasteiger partial charge in [0.2, 0.25) is 5.91 Å². The average Bonchev–Trinajstić information content (AvgIpc) is 3.24. The van der Waals surface area contributed by atoms with Crippen LogP contribution in [0.4, 0.5) is 4.79 Å². The van der Waals surface area contributed by atoms with E-state index < -0.39 is 17.7 Å². The summed E-state index contributed by atoms with van der Waals surface area (Å²) < 4.78 is 13.0. The molecule has 35 heavy (non-hydrogen) atoms. The number of carbonyl (C=O) groups is 2. The molecule has 1 heterocycles. The minimum atomic E-state index is -1.10. The number of aliphatic hydroxyl groups excluding tert-OH is 1. The van der Waals surface area contributed by atoms with Crippen molar-refractivity contribution >= 4 is 23.8 Å². The smallest absolute Gasteiger partial charge is 0.407 e. The first-order valence-electron chi connectivity index (χ1n) is 11.5. The monoisotopic (exact) mass is 508 g/mol. The third-order valence-corrected chi connectivity index (χ3v) is 5.60. The fourth-order valence-corrected chi connectivity index (χ4v) is 3.55. The van der Waals surface area contributed by atoms with Gasteiger partial charge in [0.1, 0.15) is 12.6 Å². The fraction of sp³-hybridized carbons (Fsp3) is 0.565. The molecule has 0 spiro atoms. The molecule has 194 valence electrons. The Labute approximate surface area is 210 Å². The van der Waals surface area contributed by atoms with Crippen LogP contribution in [-0.4, -0.2) is 70.0 Å². The topological polar surface area (TPSA) is 154 Å². The zero-order valence-electron chi connectivity index (χ0n) is 20.5. The number of nitrogens with zero attached hydrogens (tertiary/aromatic N) is 3. The van der Waals surface area contributed by atoms with Crippen molar-refractivity contribution in [1.29, 1.82) is 0 Å². The van der Waals surface area contributed by atoms with Gasteiger partial charge in [-0.25, -0.2) is 4.79 Å². The maximum Gasteiger partial charge on any atom is 0.407 e. The van der Waals surface area contributed by atoms with Gasteiger partial charge in [-0.2, -0.15) is 0 Å². The number of unbranched alkanes of at least 4 members (excludes halogenated alkanes) is 1. The first kappa shape index (κ1) is 28.6. The number of ether oxygens (including phenoxy) is 2. The Morgan fingerprint density at radius 2 is 1.97 bits per heavy atom. The van der Waals surface area contributed by atoms with Crippen LogP contribution in [0.2, 0.25) is 0 Å². The van der Waals surface area contributed by atoms with Crippen molar-refractivity contribution in [3.8, 4) is 0 Å². The lowest BCUT2D eigenvalue weighted by atomic mass is 10.1. The van der Waals surface area contributed by atoms with Gasteiger partial charge in [0.25, 0.3) is 0 Å². The maximum atomic E-state index is 12.7. The molecule has 2 rings (SSSR count). The van der Waals surface area contributed by atoms with Crippen LogP contribution in [0.3, 0.4) is 0 Å². The first-order chi connectivity index (χ1) is 16.8. The van der Waals surface area contributed by atoms with Gasteiger partial charge in [0, 0.05) is 13.2 Å². The fourth-order valence-electron chi connectivity index (χ4n) is 3.02. The summed E-state index contributed by atoms with van der Waals surface area (Å²) in [4.78, 5) is 24.6. The van der Waals surface area contributed by atoms with E-state index in [1.54, 1.807) is 18.4 Å². The number of nitrogens with two attached hydrogens (primary N) is 1. The summed E-state index contributed by atoms with van der Waals surface area (Å²) >= 11 is 1.39. The molecule has 0 bridgehead atoms. The number of nitrogens with one attached hydrogen (secondary N) is 2. The highest BCUT2D eigenvalue weighted by Gasteiger charge is 2.29. The molecule has 2 aromatic rings. The van der Waals surface area contributed by atoms with Crippen molar-refractivity contribution in [2.45, 2.75) is 56.6 Å². The summed E-state index contributed by atoms with van der Waals surface area (Å²) in [5.41, 5.74) is 5.89. The SMILES string of the molecule is CSc1nnc(C(COCc2ccccc2)NC(=O)C(C)(C)N)n1CCOC(=O)NCCCCO. The second kappa shape index (κ2) is 14.7. The van der Waals surface area contributed by atoms with Crippen LogP contribution >= 0.6 is 11.8 Å². The van der Waals surface area contributed by atoms with Gasteiger partial charge in [-0.15, -0.1) is 10.2 Å². The summed E-state index contributed by atoms with van der Waals surface area (Å²) in [5.74, 6) is 0.122. The molecular formula is C23H36N6O5S. The highest BCUT2D eigenvalue weighted by molar-refractivity contribution is 7.98. The van der Waals surface area contributed by atoms with Crippen LogP contribution in [0.1, 0.15) is 44.1 Å². The van der Waals surface area contributed by atoms with E-state index in [-0.39, 0.29) is 25.7 Å². The number of aliphatic hydroxyl groups is 1.